The fourth-order valence-corrected chi connectivity index (χ4v) is 2.19. The Balaban J connectivity index is 1.86. The monoisotopic (exact) mass is 322 g/mol. The first kappa shape index (κ1) is 15.6. The lowest BCUT2D eigenvalue weighted by molar-refractivity contribution is 0.409. The van der Waals surface area contributed by atoms with Gasteiger partial charge in [0.15, 0.2) is 0 Å². The van der Waals surface area contributed by atoms with Gasteiger partial charge in [0.25, 0.3) is 0 Å². The van der Waals surface area contributed by atoms with Crippen LogP contribution in [-0.4, -0.2) is 23.0 Å². The van der Waals surface area contributed by atoms with Crippen molar-refractivity contribution in [3.05, 3.63) is 66.0 Å². The minimum absolute atomic E-state index is 0.343. The first-order valence-corrected chi connectivity index (χ1v) is 7.42. The molecule has 3 rings (SSSR count). The van der Waals surface area contributed by atoms with Crippen molar-refractivity contribution in [1.29, 1.82) is 0 Å². The van der Waals surface area contributed by atoms with E-state index in [1.807, 2.05) is 55.5 Å². The van der Waals surface area contributed by atoms with Gasteiger partial charge in [0.2, 0.25) is 5.95 Å². The molecular formula is C18H18N4O2. The van der Waals surface area contributed by atoms with Crippen LogP contribution < -0.4 is 15.2 Å². The number of nitrogens with zero attached hydrogens (tertiary/aromatic N) is 3. The van der Waals surface area contributed by atoms with Crippen LogP contribution in [0.5, 0.6) is 17.2 Å². The van der Waals surface area contributed by atoms with E-state index in [1.165, 1.54) is 4.68 Å². The number of nitrogens with two attached hydrogens (primary N) is 1. The molecule has 6 heteroatoms. The standard InChI is InChI=1S/C18H18N4O2/c1-13-12-22(18(19)21-13)20-11-14-6-3-4-9-17(14)24-16-8-5-7-15(10-16)23-2/h3-12H,1-2H3,(H2,19,21). The fourth-order valence-electron chi connectivity index (χ4n) is 2.19. The zero-order valence-electron chi connectivity index (χ0n) is 13.5. The van der Waals surface area contributed by atoms with Gasteiger partial charge in [-0.3, -0.25) is 0 Å². The van der Waals surface area contributed by atoms with Gasteiger partial charge in [-0.1, -0.05) is 18.2 Å². The van der Waals surface area contributed by atoms with Crippen LogP contribution in [0, 0.1) is 6.92 Å². The average Bonchev–Trinajstić information content (AvgIpc) is 2.92. The predicted octanol–water partition coefficient (Wildman–Crippen LogP) is 3.46. The van der Waals surface area contributed by atoms with E-state index in [0.29, 0.717) is 17.4 Å². The van der Waals surface area contributed by atoms with Gasteiger partial charge in [0.05, 0.1) is 25.2 Å². The molecule has 0 spiro atoms. The smallest absolute Gasteiger partial charge is 0.221 e. The van der Waals surface area contributed by atoms with Crippen LogP contribution in [0.25, 0.3) is 0 Å². The topological polar surface area (TPSA) is 74.7 Å². The van der Waals surface area contributed by atoms with Crippen LogP contribution >= 0.6 is 0 Å². The Hall–Kier alpha value is -3.28. The number of hydrogen-bond donors (Lipinski definition) is 1. The van der Waals surface area contributed by atoms with Crippen LogP contribution in [0.2, 0.25) is 0 Å². The lowest BCUT2D eigenvalue weighted by Crippen LogP contribution is -1.98. The van der Waals surface area contributed by atoms with Gasteiger partial charge in [-0.2, -0.15) is 5.10 Å². The van der Waals surface area contributed by atoms with Crippen molar-refractivity contribution >= 4 is 12.2 Å². The van der Waals surface area contributed by atoms with E-state index in [4.69, 9.17) is 15.2 Å². The zero-order valence-corrected chi connectivity index (χ0v) is 13.5. The number of aromatic nitrogens is 2. The van der Waals surface area contributed by atoms with Crippen molar-refractivity contribution in [1.82, 2.24) is 9.66 Å². The van der Waals surface area contributed by atoms with Crippen LogP contribution in [0.15, 0.2) is 59.8 Å². The highest BCUT2D eigenvalue weighted by molar-refractivity contribution is 5.83. The first-order valence-electron chi connectivity index (χ1n) is 7.42. The molecule has 0 saturated carbocycles. The molecule has 0 bridgehead atoms. The van der Waals surface area contributed by atoms with Crippen LogP contribution in [0.4, 0.5) is 5.95 Å². The molecule has 0 aliphatic rings. The Bertz CT molecular complexity index is 871. The zero-order chi connectivity index (χ0) is 16.9. The average molecular weight is 322 g/mol. The van der Waals surface area contributed by atoms with E-state index in [-0.39, 0.29) is 0 Å². The SMILES string of the molecule is COc1cccc(Oc2ccccc2C=Nn2cc(C)nc2N)c1. The normalized spacial score (nSPS) is 10.9. The molecular weight excluding hydrogens is 304 g/mol. The summed E-state index contributed by atoms with van der Waals surface area (Å²) >= 11 is 0. The number of aryl methyl sites for hydroxylation is 1. The van der Waals surface area contributed by atoms with Gasteiger partial charge in [0, 0.05) is 11.6 Å². The molecule has 0 atom stereocenters. The number of hydrogen-bond acceptors (Lipinski definition) is 5. The van der Waals surface area contributed by atoms with E-state index < -0.39 is 0 Å². The molecule has 0 aliphatic carbocycles. The summed E-state index contributed by atoms with van der Waals surface area (Å²) in [5.41, 5.74) is 7.43. The molecule has 0 fully saturated rings. The third kappa shape index (κ3) is 3.55. The quantitative estimate of drug-likeness (QED) is 0.730. The van der Waals surface area contributed by atoms with Crippen LogP contribution in [0.1, 0.15) is 11.3 Å². The van der Waals surface area contributed by atoms with E-state index in [9.17, 15) is 0 Å². The number of benzene rings is 2. The number of anilines is 1. The molecule has 0 unspecified atom stereocenters. The molecule has 0 saturated heterocycles. The highest BCUT2D eigenvalue weighted by Gasteiger charge is 2.05. The summed E-state index contributed by atoms with van der Waals surface area (Å²) in [6.45, 7) is 1.86. The van der Waals surface area contributed by atoms with Crippen molar-refractivity contribution < 1.29 is 9.47 Å². The van der Waals surface area contributed by atoms with E-state index in [1.54, 1.807) is 19.5 Å². The summed E-state index contributed by atoms with van der Waals surface area (Å²) in [6, 6.07) is 15.1. The highest BCUT2D eigenvalue weighted by Crippen LogP contribution is 2.27. The third-order valence-electron chi connectivity index (χ3n) is 3.34. The molecule has 3 aromatic rings. The van der Waals surface area contributed by atoms with Crippen molar-refractivity contribution in [2.24, 2.45) is 5.10 Å². The Morgan fingerprint density at radius 1 is 1.12 bits per heavy atom. The molecule has 2 N–H and O–H groups in total. The molecule has 122 valence electrons. The number of methoxy groups -OCH3 is 1. The van der Waals surface area contributed by atoms with Gasteiger partial charge < -0.3 is 15.2 Å². The highest BCUT2D eigenvalue weighted by atomic mass is 16.5. The maximum atomic E-state index is 5.95. The number of imidazole rings is 1. The van der Waals surface area contributed by atoms with Crippen molar-refractivity contribution in [3.8, 4) is 17.2 Å². The second-order valence-electron chi connectivity index (χ2n) is 5.15. The van der Waals surface area contributed by atoms with E-state index in [0.717, 1.165) is 17.0 Å². The molecule has 1 heterocycles. The second-order valence-corrected chi connectivity index (χ2v) is 5.15. The fraction of sp³-hybridized carbons (Fsp3) is 0.111. The Labute approximate surface area is 140 Å². The number of nitrogen functional groups attached to an aromatic ring is 1. The molecule has 1 aromatic heterocycles. The molecule has 0 amide bonds. The maximum Gasteiger partial charge on any atom is 0.221 e. The molecule has 24 heavy (non-hydrogen) atoms. The van der Waals surface area contributed by atoms with Gasteiger partial charge in [-0.05, 0) is 31.2 Å². The largest absolute Gasteiger partial charge is 0.497 e. The molecule has 0 radical (unpaired) electrons. The Morgan fingerprint density at radius 2 is 1.92 bits per heavy atom. The Morgan fingerprint density at radius 3 is 2.67 bits per heavy atom. The number of para-hydroxylation sites is 1. The van der Waals surface area contributed by atoms with Crippen LogP contribution in [0.3, 0.4) is 0 Å². The molecule has 6 nitrogen and oxygen atoms in total. The van der Waals surface area contributed by atoms with E-state index in [2.05, 4.69) is 10.1 Å². The lowest BCUT2D eigenvalue weighted by atomic mass is 10.2. The minimum atomic E-state index is 0.343. The van der Waals surface area contributed by atoms with Crippen molar-refractivity contribution in [2.45, 2.75) is 6.92 Å². The van der Waals surface area contributed by atoms with Gasteiger partial charge in [-0.15, -0.1) is 0 Å². The summed E-state index contributed by atoms with van der Waals surface area (Å²) in [6.07, 6.45) is 3.45. The Kier molecular flexibility index (Phi) is 4.47. The third-order valence-corrected chi connectivity index (χ3v) is 3.34. The summed E-state index contributed by atoms with van der Waals surface area (Å²) in [5, 5.41) is 4.33. The predicted molar refractivity (Wildman–Crippen MR) is 93.9 cm³/mol. The summed E-state index contributed by atoms with van der Waals surface area (Å²) < 4.78 is 12.7. The summed E-state index contributed by atoms with van der Waals surface area (Å²) in [4.78, 5) is 4.11. The van der Waals surface area contributed by atoms with E-state index >= 15 is 0 Å². The van der Waals surface area contributed by atoms with Crippen molar-refractivity contribution in [2.75, 3.05) is 12.8 Å². The minimum Gasteiger partial charge on any atom is -0.497 e. The first-order chi connectivity index (χ1) is 11.7. The lowest BCUT2D eigenvalue weighted by Gasteiger charge is -2.09. The van der Waals surface area contributed by atoms with Gasteiger partial charge in [0.1, 0.15) is 17.2 Å². The number of ether oxygens (including phenoxy) is 2. The van der Waals surface area contributed by atoms with Crippen molar-refractivity contribution in [3.63, 3.8) is 0 Å². The van der Waals surface area contributed by atoms with Gasteiger partial charge in [-0.25, -0.2) is 9.66 Å². The number of rotatable bonds is 5. The maximum absolute atomic E-state index is 5.95. The molecule has 0 aliphatic heterocycles. The molecule has 2 aromatic carbocycles. The van der Waals surface area contributed by atoms with Crippen LogP contribution in [-0.2, 0) is 0 Å². The summed E-state index contributed by atoms with van der Waals surface area (Å²) in [7, 11) is 1.62. The van der Waals surface area contributed by atoms with Gasteiger partial charge >= 0.3 is 0 Å². The summed E-state index contributed by atoms with van der Waals surface area (Å²) in [5.74, 6) is 2.45. The second kappa shape index (κ2) is 6.87.